The Labute approximate surface area is 97.0 Å². The largest absolute Gasteiger partial charge is 0.481 e. The Balaban J connectivity index is 2.17. The summed E-state index contributed by atoms with van der Waals surface area (Å²) in [5.74, 6) is -1.57. The highest BCUT2D eigenvalue weighted by Gasteiger charge is 2.34. The SMILES string of the molecule is O=C(O)[C@H]1CC(=O)N(c2ccc(OO)cc2)C1. The number of hydrogen-bond acceptors (Lipinski definition) is 4. The number of anilines is 1. The Kier molecular flexibility index (Phi) is 2.97. The lowest BCUT2D eigenvalue weighted by Gasteiger charge is -2.15. The van der Waals surface area contributed by atoms with Gasteiger partial charge in [0.1, 0.15) is 0 Å². The third-order valence-corrected chi connectivity index (χ3v) is 2.73. The summed E-state index contributed by atoms with van der Waals surface area (Å²) in [6, 6.07) is 6.18. The van der Waals surface area contributed by atoms with Crippen LogP contribution in [0.25, 0.3) is 0 Å². The number of carbonyl (C=O) groups is 2. The molecular weight excluding hydrogens is 226 g/mol. The first-order valence-corrected chi connectivity index (χ1v) is 5.06. The van der Waals surface area contributed by atoms with Gasteiger partial charge in [0.15, 0.2) is 5.75 Å². The second-order valence-electron chi connectivity index (χ2n) is 3.83. The van der Waals surface area contributed by atoms with Crippen LogP contribution in [0.3, 0.4) is 0 Å². The molecule has 0 spiro atoms. The van der Waals surface area contributed by atoms with Gasteiger partial charge in [-0.15, -0.1) is 0 Å². The van der Waals surface area contributed by atoms with Gasteiger partial charge in [0, 0.05) is 18.7 Å². The fourth-order valence-electron chi connectivity index (χ4n) is 1.81. The lowest BCUT2D eigenvalue weighted by molar-refractivity contribution is -0.141. The van der Waals surface area contributed by atoms with Crippen molar-refractivity contribution < 1.29 is 24.8 Å². The summed E-state index contributed by atoms with van der Waals surface area (Å²) in [6.07, 6.45) is 0.0214. The highest BCUT2D eigenvalue weighted by Crippen LogP contribution is 2.26. The summed E-state index contributed by atoms with van der Waals surface area (Å²) in [6.45, 7) is 0.174. The number of nitrogens with zero attached hydrogens (tertiary/aromatic N) is 1. The van der Waals surface area contributed by atoms with Crippen molar-refractivity contribution in [2.45, 2.75) is 6.42 Å². The highest BCUT2D eigenvalue weighted by molar-refractivity contribution is 5.99. The van der Waals surface area contributed by atoms with Crippen LogP contribution >= 0.6 is 0 Å². The van der Waals surface area contributed by atoms with Crippen molar-refractivity contribution in [1.82, 2.24) is 0 Å². The zero-order chi connectivity index (χ0) is 12.4. The van der Waals surface area contributed by atoms with E-state index in [2.05, 4.69) is 4.89 Å². The normalized spacial score (nSPS) is 19.5. The molecule has 1 aliphatic heterocycles. The van der Waals surface area contributed by atoms with Crippen LogP contribution in [0.15, 0.2) is 24.3 Å². The molecule has 17 heavy (non-hydrogen) atoms. The maximum atomic E-state index is 11.6. The van der Waals surface area contributed by atoms with E-state index < -0.39 is 11.9 Å². The number of aliphatic carboxylic acids is 1. The molecule has 0 aromatic heterocycles. The smallest absolute Gasteiger partial charge is 0.308 e. The summed E-state index contributed by atoms with van der Waals surface area (Å²) in [5.41, 5.74) is 0.597. The molecule has 0 aliphatic carbocycles. The summed E-state index contributed by atoms with van der Waals surface area (Å²) in [5, 5.41) is 17.2. The predicted octanol–water partition coefficient (Wildman–Crippen LogP) is 0.976. The molecule has 0 bridgehead atoms. The monoisotopic (exact) mass is 237 g/mol. The fourth-order valence-corrected chi connectivity index (χ4v) is 1.81. The van der Waals surface area contributed by atoms with E-state index in [0.717, 1.165) is 0 Å². The molecular formula is C11H11NO5. The Morgan fingerprint density at radius 1 is 1.35 bits per heavy atom. The molecule has 1 heterocycles. The van der Waals surface area contributed by atoms with Crippen molar-refractivity contribution in [3.8, 4) is 5.75 Å². The maximum Gasteiger partial charge on any atom is 0.308 e. The van der Waals surface area contributed by atoms with Crippen molar-refractivity contribution in [2.24, 2.45) is 5.92 Å². The number of carboxylic acids is 1. The van der Waals surface area contributed by atoms with E-state index in [1.54, 1.807) is 12.1 Å². The molecule has 1 aromatic carbocycles. The van der Waals surface area contributed by atoms with E-state index in [4.69, 9.17) is 10.4 Å². The van der Waals surface area contributed by atoms with E-state index in [1.807, 2.05) is 0 Å². The van der Waals surface area contributed by atoms with Crippen molar-refractivity contribution in [1.29, 1.82) is 0 Å². The van der Waals surface area contributed by atoms with Crippen LogP contribution in [0.5, 0.6) is 5.75 Å². The Morgan fingerprint density at radius 2 is 2.00 bits per heavy atom. The summed E-state index contributed by atoms with van der Waals surface area (Å²) >= 11 is 0. The molecule has 1 atom stereocenters. The van der Waals surface area contributed by atoms with E-state index in [1.165, 1.54) is 17.0 Å². The zero-order valence-electron chi connectivity index (χ0n) is 8.87. The lowest BCUT2D eigenvalue weighted by atomic mass is 10.1. The minimum atomic E-state index is -0.962. The van der Waals surface area contributed by atoms with Crippen molar-refractivity contribution in [3.05, 3.63) is 24.3 Å². The first kappa shape index (κ1) is 11.4. The van der Waals surface area contributed by atoms with Crippen LogP contribution in [0.2, 0.25) is 0 Å². The van der Waals surface area contributed by atoms with Gasteiger partial charge in [-0.3, -0.25) is 9.59 Å². The Morgan fingerprint density at radius 3 is 2.47 bits per heavy atom. The molecule has 2 rings (SSSR count). The van der Waals surface area contributed by atoms with E-state index >= 15 is 0 Å². The molecule has 1 fully saturated rings. The van der Waals surface area contributed by atoms with Crippen LogP contribution in [-0.4, -0.2) is 28.8 Å². The third-order valence-electron chi connectivity index (χ3n) is 2.73. The summed E-state index contributed by atoms with van der Waals surface area (Å²) in [4.78, 5) is 27.9. The van der Waals surface area contributed by atoms with Gasteiger partial charge in [-0.2, -0.15) is 0 Å². The number of benzene rings is 1. The van der Waals surface area contributed by atoms with Crippen LogP contribution < -0.4 is 9.79 Å². The molecule has 1 saturated heterocycles. The molecule has 0 saturated carbocycles. The van der Waals surface area contributed by atoms with Gasteiger partial charge in [0.05, 0.1) is 5.92 Å². The zero-order valence-corrected chi connectivity index (χ0v) is 8.87. The number of amides is 1. The molecule has 90 valence electrons. The van der Waals surface area contributed by atoms with E-state index in [-0.39, 0.29) is 24.6 Å². The molecule has 0 radical (unpaired) electrons. The van der Waals surface area contributed by atoms with Crippen molar-refractivity contribution in [2.75, 3.05) is 11.4 Å². The summed E-state index contributed by atoms with van der Waals surface area (Å²) < 4.78 is 0. The number of hydrogen-bond donors (Lipinski definition) is 2. The minimum absolute atomic E-state index is 0.0214. The van der Waals surface area contributed by atoms with Gasteiger partial charge in [0.25, 0.3) is 0 Å². The second kappa shape index (κ2) is 4.42. The molecule has 2 N–H and O–H groups in total. The minimum Gasteiger partial charge on any atom is -0.481 e. The number of carboxylic acid groups (broad SMARTS) is 1. The van der Waals surface area contributed by atoms with Gasteiger partial charge >= 0.3 is 5.97 Å². The maximum absolute atomic E-state index is 11.6. The van der Waals surface area contributed by atoms with Crippen LogP contribution in [0, 0.1) is 5.92 Å². The van der Waals surface area contributed by atoms with Crippen LogP contribution in [0.1, 0.15) is 6.42 Å². The Bertz CT molecular complexity index is 442. The standard InChI is InChI=1S/C11H11NO5/c13-10-5-7(11(14)15)6-12(10)8-1-3-9(17-16)4-2-8/h1-4,7,16H,5-6H2,(H,14,15)/t7-/m0/s1. The topological polar surface area (TPSA) is 87.1 Å². The average molecular weight is 237 g/mol. The van der Waals surface area contributed by atoms with Crippen LogP contribution in [0.4, 0.5) is 5.69 Å². The first-order valence-electron chi connectivity index (χ1n) is 5.06. The molecule has 6 heteroatoms. The molecule has 1 aliphatic rings. The van der Waals surface area contributed by atoms with Gasteiger partial charge in [-0.1, -0.05) is 0 Å². The lowest BCUT2D eigenvalue weighted by Crippen LogP contribution is -2.25. The average Bonchev–Trinajstić information content (AvgIpc) is 2.72. The molecule has 0 unspecified atom stereocenters. The van der Waals surface area contributed by atoms with E-state index in [9.17, 15) is 9.59 Å². The van der Waals surface area contributed by atoms with Crippen LogP contribution in [-0.2, 0) is 9.59 Å². The second-order valence-corrected chi connectivity index (χ2v) is 3.83. The fraction of sp³-hybridized carbons (Fsp3) is 0.273. The van der Waals surface area contributed by atoms with Gasteiger partial charge < -0.3 is 14.9 Å². The van der Waals surface area contributed by atoms with E-state index in [0.29, 0.717) is 5.69 Å². The van der Waals surface area contributed by atoms with Crippen molar-refractivity contribution in [3.63, 3.8) is 0 Å². The molecule has 1 aromatic rings. The molecule has 6 nitrogen and oxygen atoms in total. The first-order chi connectivity index (χ1) is 8.11. The molecule has 1 amide bonds. The highest BCUT2D eigenvalue weighted by atomic mass is 17.1. The van der Waals surface area contributed by atoms with Gasteiger partial charge in [-0.25, -0.2) is 5.26 Å². The quantitative estimate of drug-likeness (QED) is 0.604. The number of rotatable bonds is 3. The van der Waals surface area contributed by atoms with Gasteiger partial charge in [-0.05, 0) is 24.3 Å². The number of carbonyl (C=O) groups excluding carboxylic acids is 1. The summed E-state index contributed by atoms with van der Waals surface area (Å²) in [7, 11) is 0. The van der Waals surface area contributed by atoms with Crippen molar-refractivity contribution >= 4 is 17.6 Å². The predicted molar refractivity (Wildman–Crippen MR) is 57.8 cm³/mol. The Hall–Kier alpha value is -2.08. The third kappa shape index (κ3) is 2.21. The van der Waals surface area contributed by atoms with Gasteiger partial charge in [0.2, 0.25) is 5.91 Å².